The predicted octanol–water partition coefficient (Wildman–Crippen LogP) is -0.209. The van der Waals surface area contributed by atoms with E-state index >= 15 is 0 Å². The smallest absolute Gasteiger partial charge is 0.211 e. The van der Waals surface area contributed by atoms with Crippen LogP contribution in [-0.4, -0.2) is 96.9 Å². The Balaban J connectivity index is 3.89. The molecule has 0 aromatic rings. The van der Waals surface area contributed by atoms with Crippen molar-refractivity contribution >= 4 is 16.0 Å². The molecule has 0 radical (unpaired) electrons. The Morgan fingerprint density at radius 1 is 1.12 bits per heavy atom. The molecule has 2 N–H and O–H groups in total. The van der Waals surface area contributed by atoms with E-state index < -0.39 is 10.0 Å². The van der Waals surface area contributed by atoms with Gasteiger partial charge in [0.25, 0.3) is 0 Å². The second-order valence-corrected chi connectivity index (χ2v) is 7.67. The maximum absolute atomic E-state index is 11.5. The normalized spacial score (nSPS) is 12.9. The highest BCUT2D eigenvalue weighted by Gasteiger charge is 2.13. The van der Waals surface area contributed by atoms with E-state index in [-0.39, 0.29) is 0 Å². The van der Waals surface area contributed by atoms with Crippen LogP contribution in [0.2, 0.25) is 0 Å². The third-order valence-electron chi connectivity index (χ3n) is 3.60. The number of rotatable bonds is 13. The Kier molecular flexibility index (Phi) is 12.9. The molecule has 0 heterocycles. The lowest BCUT2D eigenvalue weighted by Gasteiger charge is -2.19. The Hall–Kier alpha value is -0.900. The van der Waals surface area contributed by atoms with Gasteiger partial charge in [-0.15, -0.1) is 0 Å². The van der Waals surface area contributed by atoms with Crippen LogP contribution in [0.25, 0.3) is 0 Å². The number of aliphatic imine (C=N–C) groups is 1. The summed E-state index contributed by atoms with van der Waals surface area (Å²) in [5.41, 5.74) is 0. The van der Waals surface area contributed by atoms with E-state index in [2.05, 4.69) is 27.6 Å². The second kappa shape index (κ2) is 13.4. The SMILES string of the molecule is CCN(CCCNC(=NC)NCCN(C)CCCOC)S(C)(=O)=O. The number of nitrogens with zero attached hydrogens (tertiary/aromatic N) is 3. The largest absolute Gasteiger partial charge is 0.385 e. The van der Waals surface area contributed by atoms with Crippen molar-refractivity contribution in [2.45, 2.75) is 19.8 Å². The number of nitrogens with one attached hydrogen (secondary N) is 2. The number of hydrogen-bond acceptors (Lipinski definition) is 5. The van der Waals surface area contributed by atoms with Gasteiger partial charge in [0.1, 0.15) is 0 Å². The Labute approximate surface area is 147 Å². The lowest BCUT2D eigenvalue weighted by atomic mass is 10.4. The molecule has 0 saturated carbocycles. The molecule has 0 atom stereocenters. The van der Waals surface area contributed by atoms with Gasteiger partial charge < -0.3 is 20.3 Å². The standard InChI is InChI=1S/C15H35N5O3S/c1-6-20(24(5,21)22)12-7-9-17-15(16-2)18-10-13-19(3)11-8-14-23-4/h6-14H2,1-5H3,(H2,16,17,18). The summed E-state index contributed by atoms with van der Waals surface area (Å²) in [6, 6.07) is 0. The number of methoxy groups -OCH3 is 1. The average molecular weight is 366 g/mol. The molecular formula is C15H35N5O3S. The van der Waals surface area contributed by atoms with Crippen LogP contribution in [0, 0.1) is 0 Å². The zero-order valence-corrected chi connectivity index (χ0v) is 16.7. The van der Waals surface area contributed by atoms with Crippen molar-refractivity contribution in [1.29, 1.82) is 0 Å². The first-order chi connectivity index (χ1) is 11.3. The molecule has 0 bridgehead atoms. The van der Waals surface area contributed by atoms with Crippen molar-refractivity contribution in [1.82, 2.24) is 19.8 Å². The molecule has 0 rings (SSSR count). The van der Waals surface area contributed by atoms with E-state index in [1.165, 1.54) is 10.6 Å². The Morgan fingerprint density at radius 2 is 1.79 bits per heavy atom. The third kappa shape index (κ3) is 11.6. The Morgan fingerprint density at radius 3 is 2.33 bits per heavy atom. The van der Waals surface area contributed by atoms with E-state index in [0.29, 0.717) is 19.6 Å². The third-order valence-corrected chi connectivity index (χ3v) is 4.98. The summed E-state index contributed by atoms with van der Waals surface area (Å²) in [6.45, 7) is 7.04. The first-order valence-electron chi connectivity index (χ1n) is 8.42. The van der Waals surface area contributed by atoms with Crippen molar-refractivity contribution in [3.8, 4) is 0 Å². The summed E-state index contributed by atoms with van der Waals surface area (Å²) in [5.74, 6) is 0.739. The van der Waals surface area contributed by atoms with Crippen molar-refractivity contribution in [2.75, 3.05) is 73.3 Å². The topological polar surface area (TPSA) is 86.3 Å². The zero-order chi connectivity index (χ0) is 18.4. The van der Waals surface area contributed by atoms with Gasteiger partial charge in [0.15, 0.2) is 5.96 Å². The van der Waals surface area contributed by atoms with Crippen LogP contribution >= 0.6 is 0 Å². The highest BCUT2D eigenvalue weighted by Crippen LogP contribution is 1.98. The van der Waals surface area contributed by atoms with Gasteiger partial charge in [-0.2, -0.15) is 0 Å². The van der Waals surface area contributed by atoms with E-state index in [1.54, 1.807) is 14.2 Å². The van der Waals surface area contributed by atoms with Crippen molar-refractivity contribution in [3.63, 3.8) is 0 Å². The summed E-state index contributed by atoms with van der Waals surface area (Å²) in [4.78, 5) is 6.41. The fraction of sp³-hybridized carbons (Fsp3) is 0.933. The number of sulfonamides is 1. The lowest BCUT2D eigenvalue weighted by Crippen LogP contribution is -2.42. The maximum atomic E-state index is 11.5. The fourth-order valence-electron chi connectivity index (χ4n) is 2.20. The van der Waals surface area contributed by atoms with Gasteiger partial charge in [-0.3, -0.25) is 4.99 Å². The molecular weight excluding hydrogens is 330 g/mol. The molecule has 0 saturated heterocycles. The van der Waals surface area contributed by atoms with Crippen LogP contribution in [-0.2, 0) is 14.8 Å². The molecule has 0 aliphatic heterocycles. The molecule has 144 valence electrons. The molecule has 0 fully saturated rings. The highest BCUT2D eigenvalue weighted by molar-refractivity contribution is 7.88. The van der Waals surface area contributed by atoms with Gasteiger partial charge in [0, 0.05) is 60.0 Å². The fourth-order valence-corrected chi connectivity index (χ4v) is 3.13. The molecule has 8 nitrogen and oxygen atoms in total. The minimum absolute atomic E-state index is 0.501. The first-order valence-corrected chi connectivity index (χ1v) is 10.3. The second-order valence-electron chi connectivity index (χ2n) is 5.68. The molecule has 0 unspecified atom stereocenters. The summed E-state index contributed by atoms with van der Waals surface area (Å²) >= 11 is 0. The van der Waals surface area contributed by atoms with Crippen molar-refractivity contribution in [3.05, 3.63) is 0 Å². The van der Waals surface area contributed by atoms with Crippen LogP contribution in [0.15, 0.2) is 4.99 Å². The number of likely N-dealkylation sites (N-methyl/N-ethyl adjacent to an activating group) is 1. The Bertz CT molecular complexity index is 442. The van der Waals surface area contributed by atoms with Crippen LogP contribution in [0.1, 0.15) is 19.8 Å². The summed E-state index contributed by atoms with van der Waals surface area (Å²) < 4.78 is 29.5. The van der Waals surface area contributed by atoms with Crippen LogP contribution < -0.4 is 10.6 Å². The molecule has 0 aromatic carbocycles. The van der Waals surface area contributed by atoms with Gasteiger partial charge in [0.2, 0.25) is 10.0 Å². The highest BCUT2D eigenvalue weighted by atomic mass is 32.2. The maximum Gasteiger partial charge on any atom is 0.211 e. The molecule has 0 spiro atoms. The summed E-state index contributed by atoms with van der Waals surface area (Å²) in [6.07, 6.45) is 3.00. The molecule has 0 aliphatic rings. The monoisotopic (exact) mass is 365 g/mol. The summed E-state index contributed by atoms with van der Waals surface area (Å²) in [5, 5.41) is 6.46. The van der Waals surface area contributed by atoms with Gasteiger partial charge in [-0.1, -0.05) is 6.92 Å². The van der Waals surface area contributed by atoms with Gasteiger partial charge in [-0.25, -0.2) is 12.7 Å². The van der Waals surface area contributed by atoms with Crippen LogP contribution in [0.5, 0.6) is 0 Å². The van der Waals surface area contributed by atoms with Crippen LogP contribution in [0.3, 0.4) is 0 Å². The zero-order valence-electron chi connectivity index (χ0n) is 15.8. The molecule has 0 amide bonds. The van der Waals surface area contributed by atoms with E-state index in [1.807, 2.05) is 6.92 Å². The molecule has 24 heavy (non-hydrogen) atoms. The lowest BCUT2D eigenvalue weighted by molar-refractivity contribution is 0.180. The van der Waals surface area contributed by atoms with Crippen molar-refractivity contribution < 1.29 is 13.2 Å². The van der Waals surface area contributed by atoms with E-state index in [0.717, 1.165) is 45.0 Å². The van der Waals surface area contributed by atoms with Gasteiger partial charge >= 0.3 is 0 Å². The van der Waals surface area contributed by atoms with Crippen LogP contribution in [0.4, 0.5) is 0 Å². The molecule has 0 aliphatic carbocycles. The minimum atomic E-state index is -3.11. The van der Waals surface area contributed by atoms with Gasteiger partial charge in [-0.05, 0) is 19.9 Å². The molecule has 9 heteroatoms. The quantitative estimate of drug-likeness (QED) is 0.267. The van der Waals surface area contributed by atoms with E-state index in [4.69, 9.17) is 4.74 Å². The first kappa shape index (κ1) is 23.1. The van der Waals surface area contributed by atoms with Crippen molar-refractivity contribution in [2.24, 2.45) is 4.99 Å². The predicted molar refractivity (Wildman–Crippen MR) is 100 cm³/mol. The minimum Gasteiger partial charge on any atom is -0.385 e. The molecule has 0 aromatic heterocycles. The summed E-state index contributed by atoms with van der Waals surface area (Å²) in [7, 11) is 2.42. The van der Waals surface area contributed by atoms with E-state index in [9.17, 15) is 8.42 Å². The number of ether oxygens (including phenoxy) is 1. The van der Waals surface area contributed by atoms with Gasteiger partial charge in [0.05, 0.1) is 6.26 Å². The average Bonchev–Trinajstić information content (AvgIpc) is 2.52. The number of hydrogen-bond donors (Lipinski definition) is 2. The number of guanidine groups is 1.